The molecule has 0 heterocycles. The zero-order chi connectivity index (χ0) is 23.7. The Hall–Kier alpha value is -1.91. The number of carbonyl (C=O) groups excluding carboxylic acids is 1. The second-order valence-electron chi connectivity index (χ2n) is 7.48. The summed E-state index contributed by atoms with van der Waals surface area (Å²) >= 11 is 12.7. The second-order valence-corrected chi connectivity index (χ2v) is 12.7. The van der Waals surface area contributed by atoms with Crippen molar-refractivity contribution >= 4 is 63.5 Å². The van der Waals surface area contributed by atoms with Crippen molar-refractivity contribution in [2.24, 2.45) is 0 Å². The van der Waals surface area contributed by atoms with Gasteiger partial charge in [-0.1, -0.05) is 84.0 Å². The molecule has 0 N–H and O–H groups in total. The number of hydrogen-bond donors (Lipinski definition) is 0. The maximum Gasteiger partial charge on any atom is 0.220 e. The van der Waals surface area contributed by atoms with E-state index in [0.29, 0.717) is 40.6 Å². The molecule has 0 aliphatic heterocycles. The largest absolute Gasteiger partial charge is 0.479 e. The molecule has 0 saturated heterocycles. The van der Waals surface area contributed by atoms with Crippen molar-refractivity contribution in [1.82, 2.24) is 0 Å². The fraction of sp³-hybridized carbons (Fsp3) is 0.231. The predicted molar refractivity (Wildman–Crippen MR) is 145 cm³/mol. The van der Waals surface area contributed by atoms with E-state index in [1.54, 1.807) is 24.3 Å². The van der Waals surface area contributed by atoms with Crippen LogP contribution in [0, 0.1) is 0 Å². The summed E-state index contributed by atoms with van der Waals surface area (Å²) in [5, 5.41) is 2.04. The molecule has 0 fully saturated rings. The zero-order valence-electron chi connectivity index (χ0n) is 18.4. The first-order valence-electron chi connectivity index (χ1n) is 10.7. The number of Topliss-reactive ketones (excluding diaryl/α,β-unsaturated/α-hetero) is 1. The van der Waals surface area contributed by atoms with Crippen LogP contribution in [0.1, 0.15) is 30.1 Å². The van der Waals surface area contributed by atoms with Crippen LogP contribution >= 0.6 is 42.7 Å². The lowest BCUT2D eigenvalue weighted by Gasteiger charge is -2.25. The highest BCUT2D eigenvalue weighted by molar-refractivity contribution is 8.23. The van der Waals surface area contributed by atoms with Crippen LogP contribution in [-0.4, -0.2) is 28.2 Å². The van der Waals surface area contributed by atoms with E-state index in [1.165, 1.54) is 11.8 Å². The number of thiocarbonyl (C=S) groups is 1. The van der Waals surface area contributed by atoms with E-state index in [9.17, 15) is 9.36 Å². The Morgan fingerprint density at radius 1 is 0.970 bits per heavy atom. The lowest BCUT2D eigenvalue weighted by molar-refractivity contribution is 0.0980. The van der Waals surface area contributed by atoms with Crippen LogP contribution in [0.2, 0.25) is 5.02 Å². The summed E-state index contributed by atoms with van der Waals surface area (Å²) in [6.45, 7) is 2.35. The molecule has 0 bridgehead atoms. The van der Waals surface area contributed by atoms with Gasteiger partial charge in [-0.3, -0.25) is 4.79 Å². The van der Waals surface area contributed by atoms with Gasteiger partial charge in [0.15, 0.2) is 5.78 Å². The second kappa shape index (κ2) is 12.5. The Morgan fingerprint density at radius 2 is 1.52 bits per heavy atom. The normalized spacial score (nSPS) is 12.2. The van der Waals surface area contributed by atoms with E-state index >= 15 is 0 Å². The molecule has 0 aliphatic carbocycles. The summed E-state index contributed by atoms with van der Waals surface area (Å²) < 4.78 is 20.4. The number of hydrogen-bond acceptors (Lipinski definition) is 5. The first kappa shape index (κ1) is 25.7. The summed E-state index contributed by atoms with van der Waals surface area (Å²) in [6.07, 6.45) is 1.23. The first-order valence-corrected chi connectivity index (χ1v) is 14.3. The standard InChI is InChI=1S/C26H26ClO3PS2/c1-2-30-26(32)33-24(17-18-25(28)20-13-15-21(27)16-14-20)19-31(29,22-9-5-3-6-10-22)23-11-7-4-8-12-23/h3-16,24H,2,17-19H2,1H3. The highest BCUT2D eigenvalue weighted by Crippen LogP contribution is 2.46. The van der Waals surface area contributed by atoms with Gasteiger partial charge in [0.25, 0.3) is 0 Å². The lowest BCUT2D eigenvalue weighted by atomic mass is 10.1. The minimum absolute atomic E-state index is 0.0221. The van der Waals surface area contributed by atoms with Gasteiger partial charge < -0.3 is 9.30 Å². The summed E-state index contributed by atoms with van der Waals surface area (Å²) in [5.41, 5.74) is 0.616. The van der Waals surface area contributed by atoms with Crippen LogP contribution in [0.15, 0.2) is 84.9 Å². The van der Waals surface area contributed by atoms with Crippen molar-refractivity contribution < 1.29 is 14.1 Å². The molecule has 0 spiro atoms. The molecule has 1 atom stereocenters. The molecule has 3 aromatic carbocycles. The Kier molecular flexibility index (Phi) is 9.76. The minimum atomic E-state index is -2.96. The minimum Gasteiger partial charge on any atom is -0.479 e. The molecular weight excluding hydrogens is 491 g/mol. The summed E-state index contributed by atoms with van der Waals surface area (Å²) in [7, 11) is -2.96. The Labute approximate surface area is 210 Å². The highest BCUT2D eigenvalue weighted by atomic mass is 35.5. The third kappa shape index (κ3) is 7.28. The van der Waals surface area contributed by atoms with Crippen molar-refractivity contribution in [2.45, 2.75) is 25.0 Å². The van der Waals surface area contributed by atoms with Gasteiger partial charge in [0.1, 0.15) is 7.14 Å². The number of carbonyl (C=O) groups is 1. The predicted octanol–water partition coefficient (Wildman–Crippen LogP) is 6.74. The van der Waals surface area contributed by atoms with Crippen molar-refractivity contribution in [1.29, 1.82) is 0 Å². The molecule has 172 valence electrons. The van der Waals surface area contributed by atoms with Gasteiger partial charge in [-0.2, -0.15) is 0 Å². The van der Waals surface area contributed by atoms with Crippen LogP contribution in [0.4, 0.5) is 0 Å². The quantitative estimate of drug-likeness (QED) is 0.169. The molecule has 1 unspecified atom stereocenters. The fourth-order valence-corrected chi connectivity index (χ4v) is 8.59. The topological polar surface area (TPSA) is 43.4 Å². The van der Waals surface area contributed by atoms with Crippen LogP contribution in [0.3, 0.4) is 0 Å². The molecule has 33 heavy (non-hydrogen) atoms. The Bertz CT molecular complexity index is 1060. The Balaban J connectivity index is 1.86. The molecule has 0 radical (unpaired) electrons. The van der Waals surface area contributed by atoms with Gasteiger partial charge >= 0.3 is 0 Å². The molecule has 3 nitrogen and oxygen atoms in total. The molecule has 0 aliphatic rings. The molecule has 3 aromatic rings. The van der Waals surface area contributed by atoms with Gasteiger partial charge in [-0.25, -0.2) is 0 Å². The number of ketones is 1. The number of thioether (sulfide) groups is 1. The third-order valence-corrected chi connectivity index (χ3v) is 10.4. The number of rotatable bonds is 10. The summed E-state index contributed by atoms with van der Waals surface area (Å²) in [5.74, 6) is 0.0221. The van der Waals surface area contributed by atoms with E-state index < -0.39 is 7.14 Å². The molecular formula is C26H26ClO3PS2. The third-order valence-electron chi connectivity index (χ3n) is 5.19. The van der Waals surface area contributed by atoms with Crippen molar-refractivity contribution in [2.75, 3.05) is 12.8 Å². The average Bonchev–Trinajstić information content (AvgIpc) is 2.84. The molecule has 0 aromatic heterocycles. The maximum atomic E-state index is 14.5. The zero-order valence-corrected chi connectivity index (χ0v) is 21.6. The highest BCUT2D eigenvalue weighted by Gasteiger charge is 2.32. The van der Waals surface area contributed by atoms with E-state index in [-0.39, 0.29) is 11.0 Å². The Morgan fingerprint density at radius 3 is 2.03 bits per heavy atom. The molecule has 3 rings (SSSR count). The van der Waals surface area contributed by atoms with Crippen LogP contribution in [0.5, 0.6) is 0 Å². The first-order chi connectivity index (χ1) is 15.9. The monoisotopic (exact) mass is 516 g/mol. The van der Waals surface area contributed by atoms with Gasteiger partial charge in [0.2, 0.25) is 4.38 Å². The smallest absolute Gasteiger partial charge is 0.220 e. The number of benzene rings is 3. The number of halogens is 1. The van der Waals surface area contributed by atoms with Gasteiger partial charge in [0.05, 0.1) is 6.61 Å². The SMILES string of the molecule is CCOC(=S)SC(CCC(=O)c1ccc(Cl)cc1)CP(=O)(c1ccccc1)c1ccccc1. The summed E-state index contributed by atoms with van der Waals surface area (Å²) in [6, 6.07) is 26.0. The molecule has 0 saturated carbocycles. The van der Waals surface area contributed by atoms with E-state index in [0.717, 1.165) is 10.6 Å². The van der Waals surface area contributed by atoms with Crippen LogP contribution in [-0.2, 0) is 9.30 Å². The van der Waals surface area contributed by atoms with E-state index in [2.05, 4.69) is 0 Å². The van der Waals surface area contributed by atoms with E-state index in [1.807, 2.05) is 67.6 Å². The number of ether oxygens (including phenoxy) is 1. The van der Waals surface area contributed by atoms with Crippen molar-refractivity contribution in [3.63, 3.8) is 0 Å². The van der Waals surface area contributed by atoms with Gasteiger partial charge in [-0.05, 0) is 49.8 Å². The van der Waals surface area contributed by atoms with Crippen molar-refractivity contribution in [3.8, 4) is 0 Å². The van der Waals surface area contributed by atoms with Crippen LogP contribution in [0.25, 0.3) is 0 Å². The van der Waals surface area contributed by atoms with Crippen molar-refractivity contribution in [3.05, 3.63) is 95.5 Å². The lowest BCUT2D eigenvalue weighted by Crippen LogP contribution is -2.25. The fourth-order valence-electron chi connectivity index (χ4n) is 3.53. The molecule has 0 amide bonds. The molecule has 7 heteroatoms. The maximum absolute atomic E-state index is 14.5. The van der Waals surface area contributed by atoms with Gasteiger partial charge in [-0.15, -0.1) is 0 Å². The van der Waals surface area contributed by atoms with Gasteiger partial charge in [0, 0.05) is 39.0 Å². The average molecular weight is 517 g/mol. The van der Waals surface area contributed by atoms with Crippen LogP contribution < -0.4 is 10.6 Å². The van der Waals surface area contributed by atoms with E-state index in [4.69, 9.17) is 28.6 Å². The summed E-state index contributed by atoms with van der Waals surface area (Å²) in [4.78, 5) is 12.8.